The number of hydrogen-bond acceptors (Lipinski definition) is 3. The Morgan fingerprint density at radius 1 is 1.26 bits per heavy atom. The first-order valence-corrected chi connectivity index (χ1v) is 7.52. The highest BCUT2D eigenvalue weighted by molar-refractivity contribution is 6.05. The molecule has 1 saturated carbocycles. The van der Waals surface area contributed by atoms with Crippen LogP contribution in [0.15, 0.2) is 24.3 Å². The quantitative estimate of drug-likeness (QED) is 0.908. The van der Waals surface area contributed by atoms with Crippen molar-refractivity contribution in [3.63, 3.8) is 0 Å². The van der Waals surface area contributed by atoms with Gasteiger partial charge < -0.3 is 10.4 Å². The van der Waals surface area contributed by atoms with Crippen molar-refractivity contribution in [2.75, 3.05) is 5.32 Å². The maximum atomic E-state index is 12.4. The van der Waals surface area contributed by atoms with Crippen LogP contribution in [-0.4, -0.2) is 26.8 Å². The van der Waals surface area contributed by atoms with Gasteiger partial charge in [0.15, 0.2) is 0 Å². The standard InChI is InChI=1S/C17H19N3O3/c1-9-15(10(2)20(3)19-9)16(21)18-12-6-4-11(5-7-12)13-8-14(13)17(22)23/h4-7,13-14H,8H2,1-3H3,(H,18,21)(H,22,23)/t13-,14+/m0/s1. The second-order valence-electron chi connectivity index (χ2n) is 6.03. The van der Waals surface area contributed by atoms with Crippen LogP contribution in [0.4, 0.5) is 5.69 Å². The molecule has 0 bridgehead atoms. The average molecular weight is 313 g/mol. The number of nitrogens with one attached hydrogen (secondary N) is 1. The number of aryl methyl sites for hydroxylation is 2. The molecule has 0 aliphatic heterocycles. The SMILES string of the molecule is Cc1nn(C)c(C)c1C(=O)Nc1ccc([C@@H]2C[C@H]2C(=O)O)cc1. The van der Waals surface area contributed by atoms with Crippen LogP contribution in [0.1, 0.15) is 39.6 Å². The first-order valence-electron chi connectivity index (χ1n) is 7.52. The molecule has 0 saturated heterocycles. The molecular weight excluding hydrogens is 294 g/mol. The number of amides is 1. The molecule has 0 spiro atoms. The van der Waals surface area contributed by atoms with Gasteiger partial charge in [0.25, 0.3) is 5.91 Å². The van der Waals surface area contributed by atoms with Crippen molar-refractivity contribution < 1.29 is 14.7 Å². The lowest BCUT2D eigenvalue weighted by molar-refractivity contribution is -0.138. The van der Waals surface area contributed by atoms with Gasteiger partial charge in [-0.3, -0.25) is 14.3 Å². The number of carboxylic acid groups (broad SMARTS) is 1. The number of nitrogens with zero attached hydrogens (tertiary/aromatic N) is 2. The molecule has 0 unspecified atom stereocenters. The number of anilines is 1. The highest BCUT2D eigenvalue weighted by atomic mass is 16.4. The zero-order chi connectivity index (χ0) is 16.7. The Bertz CT molecular complexity index is 777. The van der Waals surface area contributed by atoms with Crippen molar-refractivity contribution in [3.8, 4) is 0 Å². The number of rotatable bonds is 4. The Kier molecular flexibility index (Phi) is 3.67. The summed E-state index contributed by atoms with van der Waals surface area (Å²) in [5.74, 6) is -1.10. The minimum absolute atomic E-state index is 0.0973. The van der Waals surface area contributed by atoms with Crippen LogP contribution in [0, 0.1) is 19.8 Å². The number of hydrogen-bond donors (Lipinski definition) is 2. The Morgan fingerprint density at radius 2 is 1.91 bits per heavy atom. The molecule has 1 amide bonds. The normalized spacial score (nSPS) is 19.4. The van der Waals surface area contributed by atoms with E-state index in [0.29, 0.717) is 23.4 Å². The van der Waals surface area contributed by atoms with E-state index >= 15 is 0 Å². The molecule has 0 radical (unpaired) electrons. The first kappa shape index (κ1) is 15.3. The second kappa shape index (κ2) is 5.53. The van der Waals surface area contributed by atoms with E-state index in [1.165, 1.54) is 0 Å². The van der Waals surface area contributed by atoms with Crippen LogP contribution in [0.5, 0.6) is 0 Å². The molecule has 6 heteroatoms. The van der Waals surface area contributed by atoms with Crippen molar-refractivity contribution in [3.05, 3.63) is 46.8 Å². The summed E-state index contributed by atoms with van der Waals surface area (Å²) in [6.07, 6.45) is 0.690. The molecule has 3 rings (SSSR count). The second-order valence-corrected chi connectivity index (χ2v) is 6.03. The topological polar surface area (TPSA) is 84.2 Å². The van der Waals surface area contributed by atoms with Gasteiger partial charge >= 0.3 is 5.97 Å². The summed E-state index contributed by atoms with van der Waals surface area (Å²) in [7, 11) is 1.81. The lowest BCUT2D eigenvalue weighted by Crippen LogP contribution is -2.14. The van der Waals surface area contributed by atoms with E-state index < -0.39 is 5.97 Å². The molecular formula is C17H19N3O3. The molecule has 2 aromatic rings. The minimum Gasteiger partial charge on any atom is -0.481 e. The molecule has 1 aromatic heterocycles. The fourth-order valence-electron chi connectivity index (χ4n) is 2.95. The molecule has 2 atom stereocenters. The minimum atomic E-state index is -0.741. The third kappa shape index (κ3) is 2.84. The molecule has 1 aliphatic carbocycles. The number of aromatic nitrogens is 2. The number of aliphatic carboxylic acids is 1. The average Bonchev–Trinajstić information content (AvgIpc) is 3.24. The highest BCUT2D eigenvalue weighted by Crippen LogP contribution is 2.47. The molecule has 6 nitrogen and oxygen atoms in total. The molecule has 1 aliphatic rings. The summed E-state index contributed by atoms with van der Waals surface area (Å²) in [5.41, 5.74) is 3.79. The van der Waals surface area contributed by atoms with E-state index in [9.17, 15) is 9.59 Å². The zero-order valence-electron chi connectivity index (χ0n) is 13.3. The van der Waals surface area contributed by atoms with Crippen LogP contribution >= 0.6 is 0 Å². The monoisotopic (exact) mass is 313 g/mol. The van der Waals surface area contributed by atoms with Gasteiger partial charge in [-0.1, -0.05) is 12.1 Å². The Hall–Kier alpha value is -2.63. The number of carboxylic acids is 1. The number of carbonyl (C=O) groups excluding carboxylic acids is 1. The summed E-state index contributed by atoms with van der Waals surface area (Å²) in [5, 5.41) is 16.1. The predicted molar refractivity (Wildman–Crippen MR) is 85.6 cm³/mol. The van der Waals surface area contributed by atoms with Gasteiger partial charge in [0.2, 0.25) is 0 Å². The van der Waals surface area contributed by atoms with Crippen LogP contribution in [0.25, 0.3) is 0 Å². The summed E-state index contributed by atoms with van der Waals surface area (Å²) in [6, 6.07) is 7.38. The van der Waals surface area contributed by atoms with E-state index in [4.69, 9.17) is 5.11 Å². The van der Waals surface area contributed by atoms with Gasteiger partial charge in [-0.05, 0) is 43.9 Å². The molecule has 2 N–H and O–H groups in total. The summed E-state index contributed by atoms with van der Waals surface area (Å²) < 4.78 is 1.69. The van der Waals surface area contributed by atoms with Crippen LogP contribution < -0.4 is 5.32 Å². The lowest BCUT2D eigenvalue weighted by atomic mass is 10.1. The van der Waals surface area contributed by atoms with Gasteiger partial charge in [0.05, 0.1) is 17.2 Å². The van der Waals surface area contributed by atoms with Gasteiger partial charge in [-0.15, -0.1) is 0 Å². The highest BCUT2D eigenvalue weighted by Gasteiger charge is 2.44. The maximum absolute atomic E-state index is 12.4. The third-order valence-electron chi connectivity index (χ3n) is 4.44. The van der Waals surface area contributed by atoms with Crippen LogP contribution in [-0.2, 0) is 11.8 Å². The van der Waals surface area contributed by atoms with Gasteiger partial charge in [-0.2, -0.15) is 5.10 Å². The van der Waals surface area contributed by atoms with E-state index in [2.05, 4.69) is 10.4 Å². The van der Waals surface area contributed by atoms with Crippen LogP contribution in [0.3, 0.4) is 0 Å². The van der Waals surface area contributed by atoms with Crippen molar-refractivity contribution in [2.24, 2.45) is 13.0 Å². The van der Waals surface area contributed by atoms with E-state index in [1.54, 1.807) is 4.68 Å². The number of benzene rings is 1. The molecule has 120 valence electrons. The molecule has 23 heavy (non-hydrogen) atoms. The Balaban J connectivity index is 1.71. The largest absolute Gasteiger partial charge is 0.481 e. The predicted octanol–water partition coefficient (Wildman–Crippen LogP) is 2.48. The van der Waals surface area contributed by atoms with Crippen LogP contribution in [0.2, 0.25) is 0 Å². The summed E-state index contributed by atoms with van der Waals surface area (Å²) in [6.45, 7) is 3.67. The zero-order valence-corrected chi connectivity index (χ0v) is 13.3. The van der Waals surface area contributed by atoms with Gasteiger partial charge in [-0.25, -0.2) is 0 Å². The van der Waals surface area contributed by atoms with Crippen molar-refractivity contribution in [1.82, 2.24) is 9.78 Å². The van der Waals surface area contributed by atoms with Crippen molar-refractivity contribution in [1.29, 1.82) is 0 Å². The first-order chi connectivity index (χ1) is 10.9. The molecule has 1 fully saturated rings. The van der Waals surface area contributed by atoms with Crippen molar-refractivity contribution >= 4 is 17.6 Å². The smallest absolute Gasteiger partial charge is 0.307 e. The molecule has 1 heterocycles. The van der Waals surface area contributed by atoms with E-state index in [1.807, 2.05) is 45.2 Å². The van der Waals surface area contributed by atoms with E-state index in [0.717, 1.165) is 11.3 Å². The molecule has 1 aromatic carbocycles. The lowest BCUT2D eigenvalue weighted by Gasteiger charge is -2.07. The third-order valence-corrected chi connectivity index (χ3v) is 4.44. The summed E-state index contributed by atoms with van der Waals surface area (Å²) >= 11 is 0. The Labute approximate surface area is 134 Å². The number of carbonyl (C=O) groups is 2. The fourth-order valence-corrected chi connectivity index (χ4v) is 2.95. The van der Waals surface area contributed by atoms with Gasteiger partial charge in [0, 0.05) is 18.4 Å². The van der Waals surface area contributed by atoms with Crippen molar-refractivity contribution in [2.45, 2.75) is 26.2 Å². The maximum Gasteiger partial charge on any atom is 0.307 e. The summed E-state index contributed by atoms with van der Waals surface area (Å²) in [4.78, 5) is 23.3. The fraction of sp³-hybridized carbons (Fsp3) is 0.353. The Morgan fingerprint density at radius 3 is 2.39 bits per heavy atom. The van der Waals surface area contributed by atoms with E-state index in [-0.39, 0.29) is 17.7 Å². The van der Waals surface area contributed by atoms with Gasteiger partial charge in [0.1, 0.15) is 0 Å².